The summed E-state index contributed by atoms with van der Waals surface area (Å²) in [7, 11) is -6.55. The van der Waals surface area contributed by atoms with E-state index in [1.54, 1.807) is 7.05 Å². The highest BCUT2D eigenvalue weighted by atomic mass is 31.2. The van der Waals surface area contributed by atoms with E-state index in [1.165, 1.54) is 28.1 Å². The summed E-state index contributed by atoms with van der Waals surface area (Å²) < 4.78 is 68.8. The molecular weight excluding hydrogens is 658 g/mol. The number of rotatable bonds is 4. The molecule has 24 heteroatoms. The number of nitrogens with zero attached hydrogens (tertiary/aromatic N) is 7. The lowest BCUT2D eigenvalue weighted by Crippen LogP contribution is -2.37. The fraction of sp³-hybridized carbons (Fsp3) is 0.545. The highest BCUT2D eigenvalue weighted by Gasteiger charge is 2.52. The topological polar surface area (TPSA) is 284 Å². The number of nitrogens with one attached hydrogen (secondary N) is 2. The van der Waals surface area contributed by atoms with E-state index in [9.17, 15) is 23.9 Å². The molecule has 0 saturated carbocycles. The van der Waals surface area contributed by atoms with Crippen molar-refractivity contribution >= 4 is 49.7 Å². The fourth-order valence-electron chi connectivity index (χ4n) is 5.53. The average molecular weight is 686 g/mol. The second kappa shape index (κ2) is 11.7. The summed E-state index contributed by atoms with van der Waals surface area (Å²) in [6, 6.07) is 0. The van der Waals surface area contributed by atoms with Crippen LogP contribution in [-0.2, 0) is 41.2 Å². The van der Waals surface area contributed by atoms with Gasteiger partial charge in [-0.25, -0.2) is 29.1 Å². The van der Waals surface area contributed by atoms with Gasteiger partial charge in [0.05, 0.1) is 25.9 Å². The summed E-state index contributed by atoms with van der Waals surface area (Å²) in [6.07, 6.45) is -4.90. The number of aromatic nitrogens is 8. The van der Waals surface area contributed by atoms with Crippen molar-refractivity contribution in [2.24, 2.45) is 0 Å². The Bertz CT molecular complexity index is 1940. The number of H-pyrrole nitrogens is 1. The van der Waals surface area contributed by atoms with Gasteiger partial charge in [0.15, 0.2) is 28.9 Å². The van der Waals surface area contributed by atoms with Crippen LogP contribution in [0.4, 0.5) is 11.8 Å². The number of phosphoric ester groups is 2. The van der Waals surface area contributed by atoms with Gasteiger partial charge in [0.1, 0.15) is 48.6 Å². The third-order valence-electron chi connectivity index (χ3n) is 7.66. The van der Waals surface area contributed by atoms with E-state index in [0.717, 1.165) is 7.11 Å². The van der Waals surface area contributed by atoms with Crippen LogP contribution in [0, 0.1) is 0 Å². The highest BCUT2D eigenvalue weighted by molar-refractivity contribution is 7.48. The molecule has 0 aromatic carbocycles. The van der Waals surface area contributed by atoms with Crippen LogP contribution in [0.25, 0.3) is 22.3 Å². The summed E-state index contributed by atoms with van der Waals surface area (Å²) in [6.45, 7) is -1.18. The molecular formula is C22H28N10O12P2. The van der Waals surface area contributed by atoms with Crippen molar-refractivity contribution in [1.82, 2.24) is 39.0 Å². The largest absolute Gasteiger partial charge is 0.475 e. The Hall–Kier alpha value is -3.40. The second-order valence-corrected chi connectivity index (χ2v) is 13.5. The predicted molar refractivity (Wildman–Crippen MR) is 152 cm³/mol. The molecule has 0 amide bonds. The first-order chi connectivity index (χ1) is 22.0. The molecule has 0 aliphatic carbocycles. The van der Waals surface area contributed by atoms with E-state index < -0.39 is 77.4 Å². The molecule has 3 aliphatic rings. The number of anilines is 2. The molecule has 7 heterocycles. The zero-order chi connectivity index (χ0) is 32.4. The maximum absolute atomic E-state index is 13.7. The lowest BCUT2D eigenvalue weighted by molar-refractivity contribution is -0.0673. The molecule has 9 atom stereocenters. The normalized spacial score (nSPS) is 35.4. The number of nitrogens with two attached hydrogens (primary N) is 1. The van der Waals surface area contributed by atoms with Crippen LogP contribution in [0.2, 0.25) is 0 Å². The number of hydrogen-bond acceptors (Lipinski definition) is 18. The van der Waals surface area contributed by atoms with Gasteiger partial charge < -0.3 is 30.5 Å². The minimum Gasteiger partial charge on any atom is -0.386 e. The van der Waals surface area contributed by atoms with E-state index in [-0.39, 0.29) is 29.2 Å². The second-order valence-electron chi connectivity index (χ2n) is 10.4. The Morgan fingerprint density at radius 1 is 1.02 bits per heavy atom. The third kappa shape index (κ3) is 5.50. The number of aliphatic hydroxyl groups excluding tert-OH is 1. The SMILES string of the molecule is CNc1ncnc2c1ncn2[C@@H]1O[C@@H]2COP(=O)(O)O[C@H]3C[C@H](n4cnc5c(=O)[nH]c(N)nc54)OC3COP(=O)(OC)O[C@H]2[C@H]1O. The minimum atomic E-state index is -4.83. The molecule has 3 fully saturated rings. The van der Waals surface area contributed by atoms with E-state index in [2.05, 4.69) is 35.2 Å². The summed E-state index contributed by atoms with van der Waals surface area (Å²) in [5.41, 5.74) is 5.86. The Labute approximate surface area is 257 Å². The molecule has 6 N–H and O–H groups in total. The zero-order valence-corrected chi connectivity index (χ0v) is 25.8. The van der Waals surface area contributed by atoms with Crippen LogP contribution in [0.5, 0.6) is 0 Å². The van der Waals surface area contributed by atoms with Crippen molar-refractivity contribution in [2.45, 2.75) is 49.4 Å². The van der Waals surface area contributed by atoms with Crippen LogP contribution in [0.15, 0.2) is 23.8 Å². The Morgan fingerprint density at radius 2 is 1.78 bits per heavy atom. The van der Waals surface area contributed by atoms with Crippen molar-refractivity contribution in [3.05, 3.63) is 29.3 Å². The van der Waals surface area contributed by atoms with Crippen molar-refractivity contribution in [1.29, 1.82) is 0 Å². The molecule has 0 spiro atoms. The molecule has 46 heavy (non-hydrogen) atoms. The van der Waals surface area contributed by atoms with Crippen molar-refractivity contribution in [3.63, 3.8) is 0 Å². The Balaban J connectivity index is 1.16. The van der Waals surface area contributed by atoms with Gasteiger partial charge in [0, 0.05) is 20.6 Å². The Morgan fingerprint density at radius 3 is 2.57 bits per heavy atom. The van der Waals surface area contributed by atoms with Gasteiger partial charge in [-0.15, -0.1) is 0 Å². The highest BCUT2D eigenvalue weighted by Crippen LogP contribution is 2.55. The minimum absolute atomic E-state index is 0.0173. The van der Waals surface area contributed by atoms with Crippen LogP contribution in [-0.4, -0.2) is 107 Å². The number of imidazole rings is 2. The Kier molecular flexibility index (Phi) is 7.93. The van der Waals surface area contributed by atoms with Crippen LogP contribution < -0.4 is 16.6 Å². The van der Waals surface area contributed by atoms with Gasteiger partial charge in [-0.2, -0.15) is 4.98 Å². The molecule has 3 aliphatic heterocycles. The third-order valence-corrected chi connectivity index (χ3v) is 10.1. The van der Waals surface area contributed by atoms with Crippen LogP contribution >= 0.6 is 15.6 Å². The summed E-state index contributed by atoms with van der Waals surface area (Å²) in [5, 5.41) is 14.2. The first-order valence-electron chi connectivity index (χ1n) is 13.7. The van der Waals surface area contributed by atoms with E-state index in [4.69, 9.17) is 37.8 Å². The molecule has 7 rings (SSSR count). The first kappa shape index (κ1) is 31.2. The number of ether oxygens (including phenoxy) is 2. The van der Waals surface area contributed by atoms with Crippen molar-refractivity contribution in [3.8, 4) is 0 Å². The molecule has 22 nitrogen and oxygen atoms in total. The van der Waals surface area contributed by atoms with E-state index in [1.807, 2.05) is 0 Å². The monoisotopic (exact) mass is 686 g/mol. The molecule has 3 saturated heterocycles. The number of nitrogen functional groups attached to an aromatic ring is 1. The molecule has 0 bridgehead atoms. The average Bonchev–Trinajstić information content (AvgIpc) is 3.80. The molecule has 4 aromatic heterocycles. The fourth-order valence-corrected chi connectivity index (χ4v) is 7.63. The summed E-state index contributed by atoms with van der Waals surface area (Å²) >= 11 is 0. The lowest BCUT2D eigenvalue weighted by Gasteiger charge is -2.28. The van der Waals surface area contributed by atoms with Crippen molar-refractivity contribution in [2.75, 3.05) is 38.4 Å². The van der Waals surface area contributed by atoms with Gasteiger partial charge in [0.2, 0.25) is 5.95 Å². The number of aromatic amines is 1. The molecule has 4 aromatic rings. The van der Waals surface area contributed by atoms with Gasteiger partial charge in [-0.3, -0.25) is 41.5 Å². The van der Waals surface area contributed by atoms with E-state index >= 15 is 0 Å². The zero-order valence-electron chi connectivity index (χ0n) is 24.0. The van der Waals surface area contributed by atoms with Gasteiger partial charge in [0.25, 0.3) is 5.56 Å². The number of aliphatic hydroxyl groups is 1. The lowest BCUT2D eigenvalue weighted by atomic mass is 10.1. The molecule has 0 radical (unpaired) electrons. The molecule has 248 valence electrons. The summed E-state index contributed by atoms with van der Waals surface area (Å²) in [4.78, 5) is 46.1. The first-order valence-corrected chi connectivity index (χ1v) is 16.7. The van der Waals surface area contributed by atoms with Gasteiger partial charge in [-0.05, 0) is 0 Å². The number of phosphoric acid groups is 2. The van der Waals surface area contributed by atoms with Crippen molar-refractivity contribution < 1.29 is 51.2 Å². The van der Waals surface area contributed by atoms with Crippen LogP contribution in [0.3, 0.4) is 0 Å². The van der Waals surface area contributed by atoms with Gasteiger partial charge >= 0.3 is 15.6 Å². The van der Waals surface area contributed by atoms with E-state index in [0.29, 0.717) is 11.3 Å². The maximum Gasteiger partial charge on any atom is 0.475 e. The predicted octanol–water partition coefficient (Wildman–Crippen LogP) is -0.199. The molecule has 3 unspecified atom stereocenters. The standard InChI is InChI=1S/C22H28N10O12P2/c1-24-17-13-18(26-6-25-17)32(8-27-13)21-15(33)16-11(42-21)5-39-45(35,36)43-9-3-12(41-10(9)4-40-46(37,38-2)44-16)31-7-28-14-19(31)29-22(23)30-20(14)34/h6-12,15-16,21,33H,3-5H2,1-2H3,(H,35,36)(H,24,25,26)(H3,23,29,30,34)/t9-,10?,11+,12+,15+,16+,21+,46?/m0/s1. The van der Waals surface area contributed by atoms with Gasteiger partial charge in [-0.1, -0.05) is 0 Å². The van der Waals surface area contributed by atoms with Crippen LogP contribution in [0.1, 0.15) is 18.9 Å². The number of fused-ring (bicyclic) bond motifs is 4. The summed E-state index contributed by atoms with van der Waals surface area (Å²) in [5.74, 6) is 0.257. The number of hydrogen-bond donors (Lipinski definition) is 5. The quantitative estimate of drug-likeness (QED) is 0.174. The maximum atomic E-state index is 13.7. The smallest absolute Gasteiger partial charge is 0.386 e.